The second-order valence-corrected chi connectivity index (χ2v) is 6.13. The molecule has 0 aliphatic carbocycles. The zero-order chi connectivity index (χ0) is 15.5. The van der Waals surface area contributed by atoms with Gasteiger partial charge in [0.2, 0.25) is 5.91 Å². The second-order valence-electron chi connectivity index (χ2n) is 6.13. The van der Waals surface area contributed by atoms with Crippen molar-refractivity contribution in [1.29, 1.82) is 0 Å². The number of hydrogen-bond acceptors (Lipinski definition) is 4. The number of ether oxygens (including phenoxy) is 1. The molecular formula is C15H26N2O4. The van der Waals surface area contributed by atoms with Crippen LogP contribution in [0.3, 0.4) is 0 Å². The normalized spacial score (nSPS) is 30.6. The Morgan fingerprint density at radius 2 is 2.14 bits per heavy atom. The lowest BCUT2D eigenvalue weighted by Crippen LogP contribution is -2.55. The highest BCUT2D eigenvalue weighted by Crippen LogP contribution is 2.33. The molecule has 0 aromatic rings. The van der Waals surface area contributed by atoms with Crippen molar-refractivity contribution < 1.29 is 19.4 Å². The molecule has 2 atom stereocenters. The van der Waals surface area contributed by atoms with E-state index >= 15 is 0 Å². The van der Waals surface area contributed by atoms with Crippen LogP contribution in [-0.2, 0) is 14.3 Å². The Labute approximate surface area is 126 Å². The van der Waals surface area contributed by atoms with Crippen LogP contribution < -0.4 is 0 Å². The SMILES string of the molecule is CCCC1(C(=O)O)CCCN1CC(=O)N1CCOC(C)C1. The second kappa shape index (κ2) is 6.75. The van der Waals surface area contributed by atoms with Crippen molar-refractivity contribution in [3.05, 3.63) is 0 Å². The first-order valence-electron chi connectivity index (χ1n) is 7.87. The Morgan fingerprint density at radius 1 is 1.38 bits per heavy atom. The fourth-order valence-electron chi connectivity index (χ4n) is 3.52. The summed E-state index contributed by atoms with van der Waals surface area (Å²) < 4.78 is 5.44. The van der Waals surface area contributed by atoms with Crippen LogP contribution in [0, 0.1) is 0 Å². The zero-order valence-corrected chi connectivity index (χ0v) is 13.0. The van der Waals surface area contributed by atoms with Crippen molar-refractivity contribution >= 4 is 11.9 Å². The van der Waals surface area contributed by atoms with E-state index in [9.17, 15) is 14.7 Å². The largest absolute Gasteiger partial charge is 0.480 e. The first-order valence-corrected chi connectivity index (χ1v) is 7.87. The Morgan fingerprint density at radius 3 is 2.76 bits per heavy atom. The Balaban J connectivity index is 2.03. The lowest BCUT2D eigenvalue weighted by atomic mass is 9.90. The maximum atomic E-state index is 12.5. The zero-order valence-electron chi connectivity index (χ0n) is 13.0. The molecule has 0 saturated carbocycles. The molecule has 6 nitrogen and oxygen atoms in total. The minimum atomic E-state index is -0.845. The van der Waals surface area contributed by atoms with Gasteiger partial charge in [0.15, 0.2) is 0 Å². The summed E-state index contributed by atoms with van der Waals surface area (Å²) in [5, 5.41) is 9.64. The molecule has 1 N–H and O–H groups in total. The third-order valence-corrected chi connectivity index (χ3v) is 4.61. The number of rotatable bonds is 5. The van der Waals surface area contributed by atoms with Gasteiger partial charge < -0.3 is 14.7 Å². The summed E-state index contributed by atoms with van der Waals surface area (Å²) in [7, 11) is 0. The van der Waals surface area contributed by atoms with Crippen molar-refractivity contribution in [3.63, 3.8) is 0 Å². The molecule has 120 valence electrons. The molecule has 0 spiro atoms. The summed E-state index contributed by atoms with van der Waals surface area (Å²) in [5.41, 5.74) is -0.845. The van der Waals surface area contributed by atoms with Gasteiger partial charge in [0.05, 0.1) is 19.3 Å². The van der Waals surface area contributed by atoms with E-state index in [1.54, 1.807) is 4.90 Å². The molecule has 6 heteroatoms. The van der Waals surface area contributed by atoms with Crippen LogP contribution in [-0.4, -0.2) is 71.2 Å². The van der Waals surface area contributed by atoms with Crippen molar-refractivity contribution in [1.82, 2.24) is 9.80 Å². The van der Waals surface area contributed by atoms with E-state index in [-0.39, 0.29) is 18.6 Å². The van der Waals surface area contributed by atoms with Crippen LogP contribution in [0.5, 0.6) is 0 Å². The monoisotopic (exact) mass is 298 g/mol. The van der Waals surface area contributed by atoms with Gasteiger partial charge in [0, 0.05) is 13.1 Å². The predicted molar refractivity (Wildman–Crippen MR) is 78.1 cm³/mol. The highest BCUT2D eigenvalue weighted by molar-refractivity contribution is 5.82. The lowest BCUT2D eigenvalue weighted by molar-refractivity contribution is -0.153. The molecule has 2 saturated heterocycles. The van der Waals surface area contributed by atoms with E-state index in [2.05, 4.69) is 0 Å². The number of carbonyl (C=O) groups is 2. The summed E-state index contributed by atoms with van der Waals surface area (Å²) >= 11 is 0. The van der Waals surface area contributed by atoms with Crippen molar-refractivity contribution in [2.45, 2.75) is 51.2 Å². The average Bonchev–Trinajstić information content (AvgIpc) is 2.83. The van der Waals surface area contributed by atoms with Gasteiger partial charge in [-0.1, -0.05) is 13.3 Å². The van der Waals surface area contributed by atoms with E-state index < -0.39 is 11.5 Å². The molecule has 0 aromatic heterocycles. The molecule has 0 bridgehead atoms. The number of likely N-dealkylation sites (tertiary alicyclic amines) is 1. The highest BCUT2D eigenvalue weighted by atomic mass is 16.5. The van der Waals surface area contributed by atoms with Crippen LogP contribution in [0.2, 0.25) is 0 Å². The minimum absolute atomic E-state index is 0.0220. The molecule has 2 aliphatic heterocycles. The highest BCUT2D eigenvalue weighted by Gasteiger charge is 2.47. The topological polar surface area (TPSA) is 70.1 Å². The molecular weight excluding hydrogens is 272 g/mol. The number of nitrogens with zero attached hydrogens (tertiary/aromatic N) is 2. The fourth-order valence-corrected chi connectivity index (χ4v) is 3.52. The van der Waals surface area contributed by atoms with E-state index in [0.717, 1.165) is 12.8 Å². The number of carbonyl (C=O) groups excluding carboxylic acids is 1. The Kier molecular flexibility index (Phi) is 5.22. The Bertz CT molecular complexity index is 401. The quantitative estimate of drug-likeness (QED) is 0.818. The fraction of sp³-hybridized carbons (Fsp3) is 0.867. The summed E-state index contributed by atoms with van der Waals surface area (Å²) in [5.74, 6) is -0.765. The van der Waals surface area contributed by atoms with Crippen molar-refractivity contribution in [2.24, 2.45) is 0 Å². The van der Waals surface area contributed by atoms with E-state index in [0.29, 0.717) is 39.1 Å². The number of morpholine rings is 1. The molecule has 0 aromatic carbocycles. The predicted octanol–water partition coefficient (Wildman–Crippen LogP) is 0.953. The van der Waals surface area contributed by atoms with Crippen LogP contribution in [0.1, 0.15) is 39.5 Å². The summed E-state index contributed by atoms with van der Waals surface area (Å²) in [6.45, 7) is 6.61. The first-order chi connectivity index (χ1) is 9.99. The molecule has 2 heterocycles. The molecule has 2 unspecified atom stereocenters. The Hall–Kier alpha value is -1.14. The summed E-state index contributed by atoms with van der Waals surface area (Å²) in [6.07, 6.45) is 2.96. The number of aliphatic carboxylic acids is 1. The van der Waals surface area contributed by atoms with Gasteiger partial charge in [-0.3, -0.25) is 14.5 Å². The molecule has 2 fully saturated rings. The molecule has 2 aliphatic rings. The van der Waals surface area contributed by atoms with Gasteiger partial charge in [-0.25, -0.2) is 0 Å². The lowest BCUT2D eigenvalue weighted by Gasteiger charge is -2.37. The van der Waals surface area contributed by atoms with Gasteiger partial charge >= 0.3 is 5.97 Å². The van der Waals surface area contributed by atoms with Crippen LogP contribution >= 0.6 is 0 Å². The van der Waals surface area contributed by atoms with E-state index in [1.807, 2.05) is 18.7 Å². The van der Waals surface area contributed by atoms with Gasteiger partial charge in [0.25, 0.3) is 0 Å². The van der Waals surface area contributed by atoms with Gasteiger partial charge in [-0.05, 0) is 32.7 Å². The van der Waals surface area contributed by atoms with Crippen LogP contribution in [0.4, 0.5) is 0 Å². The van der Waals surface area contributed by atoms with E-state index in [1.165, 1.54) is 0 Å². The van der Waals surface area contributed by atoms with E-state index in [4.69, 9.17) is 4.74 Å². The molecule has 2 rings (SSSR count). The van der Waals surface area contributed by atoms with Gasteiger partial charge in [-0.15, -0.1) is 0 Å². The molecule has 0 radical (unpaired) electrons. The summed E-state index contributed by atoms with van der Waals surface area (Å²) in [6, 6.07) is 0. The maximum absolute atomic E-state index is 12.5. The standard InChI is InChI=1S/C15H26N2O4/c1-3-5-15(14(19)20)6-4-7-17(15)11-13(18)16-8-9-21-12(2)10-16/h12H,3-11H2,1-2H3,(H,19,20). The molecule has 21 heavy (non-hydrogen) atoms. The molecule has 1 amide bonds. The number of amides is 1. The minimum Gasteiger partial charge on any atom is -0.480 e. The number of hydrogen-bond donors (Lipinski definition) is 1. The van der Waals surface area contributed by atoms with Gasteiger partial charge in [-0.2, -0.15) is 0 Å². The number of carboxylic acids is 1. The third-order valence-electron chi connectivity index (χ3n) is 4.61. The van der Waals surface area contributed by atoms with Crippen molar-refractivity contribution in [2.75, 3.05) is 32.8 Å². The third kappa shape index (κ3) is 3.37. The van der Waals surface area contributed by atoms with Gasteiger partial charge in [0.1, 0.15) is 5.54 Å². The number of carboxylic acid groups (broad SMARTS) is 1. The maximum Gasteiger partial charge on any atom is 0.324 e. The van der Waals surface area contributed by atoms with Crippen LogP contribution in [0.15, 0.2) is 0 Å². The average molecular weight is 298 g/mol. The summed E-state index contributed by atoms with van der Waals surface area (Å²) in [4.78, 5) is 27.9. The first kappa shape index (κ1) is 16.2. The smallest absolute Gasteiger partial charge is 0.324 e. The van der Waals surface area contributed by atoms with Crippen molar-refractivity contribution in [3.8, 4) is 0 Å². The van der Waals surface area contributed by atoms with Crippen LogP contribution in [0.25, 0.3) is 0 Å².